The molecular weight excluding hydrogens is 279 g/mol. The van der Waals surface area contributed by atoms with E-state index in [0.717, 1.165) is 6.54 Å². The molecule has 0 aliphatic rings. The second kappa shape index (κ2) is 8.01. The highest BCUT2D eigenvalue weighted by atomic mass is 32.2. The number of hydrogen-bond donors (Lipinski definition) is 1. The van der Waals surface area contributed by atoms with Crippen LogP contribution in [0, 0.1) is 5.82 Å². The number of hydrogen-bond acceptors (Lipinski definition) is 4. The van der Waals surface area contributed by atoms with E-state index in [1.54, 1.807) is 18.0 Å². The lowest BCUT2D eigenvalue weighted by atomic mass is 10.1. The molecule has 0 fully saturated rings. The zero-order valence-corrected chi connectivity index (χ0v) is 12.7. The van der Waals surface area contributed by atoms with Gasteiger partial charge in [0.2, 0.25) is 5.91 Å². The van der Waals surface area contributed by atoms with E-state index in [1.165, 1.54) is 30.8 Å². The van der Waals surface area contributed by atoms with Crippen LogP contribution >= 0.6 is 11.8 Å². The van der Waals surface area contributed by atoms with Crippen molar-refractivity contribution in [2.24, 2.45) is 0 Å². The molecule has 1 aromatic carbocycles. The van der Waals surface area contributed by atoms with Gasteiger partial charge in [0.1, 0.15) is 5.82 Å². The number of benzene rings is 1. The third kappa shape index (κ3) is 4.94. The van der Waals surface area contributed by atoms with Gasteiger partial charge in [-0.25, -0.2) is 4.39 Å². The summed E-state index contributed by atoms with van der Waals surface area (Å²) in [7, 11) is 3.56. The van der Waals surface area contributed by atoms with Crippen molar-refractivity contribution in [3.63, 3.8) is 0 Å². The van der Waals surface area contributed by atoms with Crippen molar-refractivity contribution in [3.05, 3.63) is 29.6 Å². The number of likely N-dealkylation sites (N-methyl/N-ethyl adjacent to an activating group) is 2. The van der Waals surface area contributed by atoms with Gasteiger partial charge in [-0.05, 0) is 32.2 Å². The average Bonchev–Trinajstić information content (AvgIpc) is 2.41. The lowest BCUT2D eigenvalue weighted by molar-refractivity contribution is -0.127. The first kappa shape index (κ1) is 16.7. The maximum atomic E-state index is 13.6. The van der Waals surface area contributed by atoms with Crippen molar-refractivity contribution in [2.45, 2.75) is 11.8 Å². The van der Waals surface area contributed by atoms with Crippen molar-refractivity contribution in [2.75, 3.05) is 32.9 Å². The number of nitrogens with one attached hydrogen (secondary N) is 1. The Kier molecular flexibility index (Phi) is 6.67. The lowest BCUT2D eigenvalue weighted by Crippen LogP contribution is -2.33. The van der Waals surface area contributed by atoms with E-state index in [1.807, 2.05) is 7.05 Å². The molecular formula is C14H19FN2O2S. The van der Waals surface area contributed by atoms with Gasteiger partial charge in [0.05, 0.1) is 11.3 Å². The van der Waals surface area contributed by atoms with Crippen LogP contribution in [-0.4, -0.2) is 49.5 Å². The molecule has 6 heteroatoms. The first-order valence-corrected chi connectivity index (χ1v) is 7.26. The van der Waals surface area contributed by atoms with Crippen LogP contribution in [0.2, 0.25) is 0 Å². The predicted octanol–water partition coefficient (Wildman–Crippen LogP) is 1.80. The van der Waals surface area contributed by atoms with E-state index in [9.17, 15) is 14.0 Å². The molecule has 0 bridgehead atoms. The van der Waals surface area contributed by atoms with E-state index < -0.39 is 5.82 Å². The van der Waals surface area contributed by atoms with Crippen LogP contribution in [0.1, 0.15) is 17.3 Å². The van der Waals surface area contributed by atoms with Gasteiger partial charge < -0.3 is 10.2 Å². The largest absolute Gasteiger partial charge is 0.344 e. The summed E-state index contributed by atoms with van der Waals surface area (Å²) in [6.45, 7) is 2.69. The van der Waals surface area contributed by atoms with E-state index >= 15 is 0 Å². The van der Waals surface area contributed by atoms with E-state index in [0.29, 0.717) is 11.4 Å². The standard InChI is InChI=1S/C14H19FN2O2S/c1-10(18)12-5-4-11(8-13(12)15)20-9-14(19)17(3)7-6-16-2/h4-5,8,16H,6-7,9H2,1-3H3. The molecule has 1 amide bonds. The number of rotatable bonds is 7. The Morgan fingerprint density at radius 3 is 2.65 bits per heavy atom. The number of thioether (sulfide) groups is 1. The second-order valence-electron chi connectivity index (χ2n) is 4.41. The lowest BCUT2D eigenvalue weighted by Gasteiger charge is -2.16. The quantitative estimate of drug-likeness (QED) is 0.616. The Morgan fingerprint density at radius 2 is 2.10 bits per heavy atom. The van der Waals surface area contributed by atoms with Gasteiger partial charge in [0, 0.05) is 25.0 Å². The zero-order valence-electron chi connectivity index (χ0n) is 11.9. The van der Waals surface area contributed by atoms with Gasteiger partial charge in [-0.3, -0.25) is 9.59 Å². The Balaban J connectivity index is 2.55. The highest BCUT2D eigenvalue weighted by Crippen LogP contribution is 2.21. The monoisotopic (exact) mass is 298 g/mol. The van der Waals surface area contributed by atoms with Gasteiger partial charge in [-0.15, -0.1) is 11.8 Å². The minimum Gasteiger partial charge on any atom is -0.344 e. The molecule has 0 heterocycles. The third-order valence-electron chi connectivity index (χ3n) is 2.81. The average molecular weight is 298 g/mol. The van der Waals surface area contributed by atoms with Crippen molar-refractivity contribution < 1.29 is 14.0 Å². The molecule has 20 heavy (non-hydrogen) atoms. The maximum absolute atomic E-state index is 13.6. The highest BCUT2D eigenvalue weighted by molar-refractivity contribution is 8.00. The fourth-order valence-electron chi connectivity index (χ4n) is 1.53. The first-order chi connectivity index (χ1) is 9.45. The molecule has 0 saturated heterocycles. The Hall–Kier alpha value is -1.40. The molecule has 110 valence electrons. The predicted molar refractivity (Wildman–Crippen MR) is 78.7 cm³/mol. The number of nitrogens with zero attached hydrogens (tertiary/aromatic N) is 1. The highest BCUT2D eigenvalue weighted by Gasteiger charge is 2.11. The van der Waals surface area contributed by atoms with Crippen molar-refractivity contribution in [1.82, 2.24) is 10.2 Å². The maximum Gasteiger partial charge on any atom is 0.232 e. The molecule has 0 saturated carbocycles. The smallest absolute Gasteiger partial charge is 0.232 e. The molecule has 0 aromatic heterocycles. The summed E-state index contributed by atoms with van der Waals surface area (Å²) in [5.74, 6) is -0.610. The topological polar surface area (TPSA) is 49.4 Å². The van der Waals surface area contributed by atoms with E-state index in [4.69, 9.17) is 0 Å². The number of ketones is 1. The summed E-state index contributed by atoms with van der Waals surface area (Å²) in [6.07, 6.45) is 0. The van der Waals surface area contributed by atoms with Crippen LogP contribution in [0.25, 0.3) is 0 Å². The minimum atomic E-state index is -0.543. The molecule has 0 radical (unpaired) electrons. The zero-order chi connectivity index (χ0) is 15.1. The van der Waals surface area contributed by atoms with Crippen LogP contribution in [0.5, 0.6) is 0 Å². The number of halogens is 1. The summed E-state index contributed by atoms with van der Waals surface area (Å²) < 4.78 is 13.6. The molecule has 1 aromatic rings. The molecule has 0 atom stereocenters. The number of carbonyl (C=O) groups excluding carboxylic acids is 2. The van der Waals surface area contributed by atoms with Crippen LogP contribution in [-0.2, 0) is 4.79 Å². The second-order valence-corrected chi connectivity index (χ2v) is 5.45. The van der Waals surface area contributed by atoms with Crippen molar-refractivity contribution >= 4 is 23.5 Å². The Bertz CT molecular complexity index is 494. The molecule has 1 rings (SSSR count). The third-order valence-corrected chi connectivity index (χ3v) is 3.78. The van der Waals surface area contributed by atoms with Gasteiger partial charge in [-0.2, -0.15) is 0 Å². The van der Waals surface area contributed by atoms with Crippen molar-refractivity contribution in [3.8, 4) is 0 Å². The molecule has 4 nitrogen and oxygen atoms in total. The van der Waals surface area contributed by atoms with Gasteiger partial charge >= 0.3 is 0 Å². The molecule has 0 spiro atoms. The first-order valence-electron chi connectivity index (χ1n) is 6.27. The number of amides is 1. The molecule has 0 unspecified atom stereocenters. The molecule has 0 aliphatic carbocycles. The SMILES string of the molecule is CNCCN(C)C(=O)CSc1ccc(C(C)=O)c(F)c1. The Morgan fingerprint density at radius 1 is 1.40 bits per heavy atom. The van der Waals surface area contributed by atoms with Crippen LogP contribution in [0.15, 0.2) is 23.1 Å². The normalized spacial score (nSPS) is 10.4. The number of Topliss-reactive ketones (excluding diaryl/α,β-unsaturated/α-hetero) is 1. The van der Waals surface area contributed by atoms with Gasteiger partial charge in [-0.1, -0.05) is 0 Å². The minimum absolute atomic E-state index is 0.0127. The van der Waals surface area contributed by atoms with Gasteiger partial charge in [0.25, 0.3) is 0 Å². The molecule has 0 aliphatic heterocycles. The van der Waals surface area contributed by atoms with E-state index in [2.05, 4.69) is 5.32 Å². The summed E-state index contributed by atoms with van der Waals surface area (Å²) in [4.78, 5) is 25.2. The molecule has 1 N–H and O–H groups in total. The summed E-state index contributed by atoms with van der Waals surface area (Å²) >= 11 is 1.26. The summed E-state index contributed by atoms with van der Waals surface area (Å²) in [5, 5.41) is 2.97. The fraction of sp³-hybridized carbons (Fsp3) is 0.429. The van der Waals surface area contributed by atoms with Gasteiger partial charge in [0.15, 0.2) is 5.78 Å². The fourth-order valence-corrected chi connectivity index (χ4v) is 2.39. The van der Waals surface area contributed by atoms with Crippen LogP contribution in [0.3, 0.4) is 0 Å². The Labute approximate surface area is 122 Å². The van der Waals surface area contributed by atoms with Crippen LogP contribution < -0.4 is 5.32 Å². The van der Waals surface area contributed by atoms with Crippen LogP contribution in [0.4, 0.5) is 4.39 Å². The summed E-state index contributed by atoms with van der Waals surface area (Å²) in [6, 6.07) is 4.41. The summed E-state index contributed by atoms with van der Waals surface area (Å²) in [5.41, 5.74) is 0.0758. The van der Waals surface area contributed by atoms with Crippen molar-refractivity contribution in [1.29, 1.82) is 0 Å². The number of carbonyl (C=O) groups is 2. The van der Waals surface area contributed by atoms with E-state index in [-0.39, 0.29) is 23.0 Å².